The van der Waals surface area contributed by atoms with Crippen LogP contribution in [0, 0.1) is 33.8 Å². The summed E-state index contributed by atoms with van der Waals surface area (Å²) in [5, 5.41) is 0. The maximum atomic E-state index is 14.8. The third-order valence-electron chi connectivity index (χ3n) is 4.42. The fourth-order valence-corrected chi connectivity index (χ4v) is 2.99. The first-order valence-electron chi connectivity index (χ1n) is 7.64. The molecule has 0 spiro atoms. The van der Waals surface area contributed by atoms with E-state index in [0.29, 0.717) is 17.2 Å². The molecule has 0 fully saturated rings. The summed E-state index contributed by atoms with van der Waals surface area (Å²) >= 11 is 0. The molecule has 2 aromatic carbocycles. The molecule has 0 atom stereocenters. The van der Waals surface area contributed by atoms with Crippen LogP contribution in [0.5, 0.6) is 0 Å². The lowest BCUT2D eigenvalue weighted by molar-refractivity contribution is -0.348. The molecule has 0 bridgehead atoms. The zero-order valence-corrected chi connectivity index (χ0v) is 14.5. The minimum absolute atomic E-state index is 0.0120. The van der Waals surface area contributed by atoms with Gasteiger partial charge >= 0.3 is 18.0 Å². The van der Waals surface area contributed by atoms with Crippen LogP contribution in [-0.4, -0.2) is 12.4 Å². The molecule has 0 aliphatic heterocycles. The average molecular weight is 377 g/mol. The Morgan fingerprint density at radius 2 is 1.35 bits per heavy atom. The van der Waals surface area contributed by atoms with E-state index in [2.05, 4.69) is 6.07 Å². The molecule has 0 amide bonds. The molecule has 0 unspecified atom stereocenters. The van der Waals surface area contributed by atoms with Crippen LogP contribution in [0.25, 0.3) is 11.1 Å². The molecular formula is C19H16F7. The normalized spacial score (nSPS) is 13.2. The predicted octanol–water partition coefficient (Wildman–Crippen LogP) is 6.68. The summed E-state index contributed by atoms with van der Waals surface area (Å²) in [6.45, 7) is 5.83. The fraction of sp³-hybridized carbons (Fsp3) is 0.368. The summed E-state index contributed by atoms with van der Waals surface area (Å²) in [7, 11) is 0. The second kappa shape index (κ2) is 6.28. The quantitative estimate of drug-likeness (QED) is 0.512. The molecular weight excluding hydrogens is 361 g/mol. The van der Waals surface area contributed by atoms with E-state index in [4.69, 9.17) is 0 Å². The van der Waals surface area contributed by atoms with Crippen LogP contribution >= 0.6 is 0 Å². The van der Waals surface area contributed by atoms with Crippen molar-refractivity contribution in [3.8, 4) is 11.1 Å². The lowest BCUT2D eigenvalue weighted by Gasteiger charge is -2.33. The van der Waals surface area contributed by atoms with Crippen LogP contribution < -0.4 is 0 Å². The van der Waals surface area contributed by atoms with Gasteiger partial charge in [0, 0.05) is 5.56 Å². The lowest BCUT2D eigenvalue weighted by Crippen LogP contribution is -2.50. The maximum absolute atomic E-state index is 14.8. The van der Waals surface area contributed by atoms with Crippen LogP contribution in [0.4, 0.5) is 30.7 Å². The Morgan fingerprint density at radius 1 is 0.808 bits per heavy atom. The third kappa shape index (κ3) is 3.08. The highest BCUT2D eigenvalue weighted by atomic mass is 19.4. The molecule has 0 nitrogen and oxygen atoms in total. The van der Waals surface area contributed by atoms with Gasteiger partial charge in [-0.1, -0.05) is 24.3 Å². The summed E-state index contributed by atoms with van der Waals surface area (Å²) in [6.07, 6.45) is -12.3. The Morgan fingerprint density at radius 3 is 1.85 bits per heavy atom. The zero-order valence-electron chi connectivity index (χ0n) is 14.5. The van der Waals surface area contributed by atoms with Crippen molar-refractivity contribution in [3.05, 3.63) is 58.1 Å². The Kier molecular flexibility index (Phi) is 4.90. The van der Waals surface area contributed by atoms with Gasteiger partial charge in [-0.2, -0.15) is 26.3 Å². The number of hydrogen-bond donors (Lipinski definition) is 0. The molecule has 26 heavy (non-hydrogen) atoms. The van der Waals surface area contributed by atoms with E-state index in [1.54, 1.807) is 19.9 Å². The molecule has 0 aliphatic rings. The molecule has 0 heterocycles. The summed E-state index contributed by atoms with van der Waals surface area (Å²) in [6, 6.07) is 7.82. The highest BCUT2D eigenvalue weighted by molar-refractivity contribution is 5.76. The van der Waals surface area contributed by atoms with Gasteiger partial charge in [-0.05, 0) is 67.1 Å². The molecule has 1 radical (unpaired) electrons. The van der Waals surface area contributed by atoms with Gasteiger partial charge in [-0.15, -0.1) is 0 Å². The van der Waals surface area contributed by atoms with Crippen LogP contribution in [-0.2, 0) is 5.67 Å². The maximum Gasteiger partial charge on any atom is 0.435 e. The van der Waals surface area contributed by atoms with Crippen molar-refractivity contribution in [1.29, 1.82) is 0 Å². The topological polar surface area (TPSA) is 0 Å². The number of halogens is 7. The molecule has 0 aromatic heterocycles. The van der Waals surface area contributed by atoms with Crippen molar-refractivity contribution in [2.24, 2.45) is 0 Å². The molecule has 0 aliphatic carbocycles. The van der Waals surface area contributed by atoms with Gasteiger partial charge in [-0.3, -0.25) is 0 Å². The van der Waals surface area contributed by atoms with Gasteiger partial charge in [0.15, 0.2) is 0 Å². The van der Waals surface area contributed by atoms with E-state index < -0.39 is 29.1 Å². The minimum Gasteiger partial charge on any atom is -0.218 e. The van der Waals surface area contributed by atoms with Crippen molar-refractivity contribution in [2.75, 3.05) is 0 Å². The van der Waals surface area contributed by atoms with Gasteiger partial charge in [0.25, 0.3) is 0 Å². The van der Waals surface area contributed by atoms with Crippen molar-refractivity contribution < 1.29 is 30.7 Å². The number of aryl methyl sites for hydroxylation is 3. The number of hydrogen-bond acceptors (Lipinski definition) is 0. The molecule has 7 heteroatoms. The van der Waals surface area contributed by atoms with E-state index in [0.717, 1.165) is 0 Å². The van der Waals surface area contributed by atoms with E-state index in [1.807, 2.05) is 0 Å². The van der Waals surface area contributed by atoms with E-state index in [1.165, 1.54) is 26.0 Å². The fourth-order valence-electron chi connectivity index (χ4n) is 2.99. The predicted molar refractivity (Wildman–Crippen MR) is 84.6 cm³/mol. The minimum atomic E-state index is -6.17. The lowest BCUT2D eigenvalue weighted by atomic mass is 9.82. The smallest absolute Gasteiger partial charge is 0.218 e. The first kappa shape index (κ1) is 20.3. The molecule has 2 aromatic rings. The molecule has 2 rings (SSSR count). The van der Waals surface area contributed by atoms with Crippen LogP contribution in [0.1, 0.15) is 27.8 Å². The van der Waals surface area contributed by atoms with Crippen LogP contribution in [0.2, 0.25) is 0 Å². The van der Waals surface area contributed by atoms with E-state index >= 15 is 0 Å². The summed E-state index contributed by atoms with van der Waals surface area (Å²) in [5.41, 5.74) is -6.13. The highest BCUT2D eigenvalue weighted by Gasteiger charge is 2.74. The van der Waals surface area contributed by atoms with Crippen molar-refractivity contribution in [1.82, 2.24) is 0 Å². The summed E-state index contributed by atoms with van der Waals surface area (Å²) in [4.78, 5) is 0. The van der Waals surface area contributed by atoms with Gasteiger partial charge < -0.3 is 0 Å². The molecule has 0 saturated carbocycles. The largest absolute Gasteiger partial charge is 0.435 e. The van der Waals surface area contributed by atoms with Crippen LogP contribution in [0.15, 0.2) is 24.3 Å². The Balaban J connectivity index is 3.00. The molecule has 0 N–H and O–H groups in total. The Labute approximate surface area is 146 Å². The van der Waals surface area contributed by atoms with Crippen molar-refractivity contribution >= 4 is 0 Å². The second-order valence-corrected chi connectivity index (χ2v) is 6.27. The van der Waals surface area contributed by atoms with Crippen molar-refractivity contribution in [3.63, 3.8) is 0 Å². The Hall–Kier alpha value is -2.05. The second-order valence-electron chi connectivity index (χ2n) is 6.27. The number of alkyl halides is 7. The zero-order chi connectivity index (χ0) is 20.1. The monoisotopic (exact) mass is 377 g/mol. The third-order valence-corrected chi connectivity index (χ3v) is 4.42. The van der Waals surface area contributed by atoms with E-state index in [-0.39, 0.29) is 16.7 Å². The van der Waals surface area contributed by atoms with Crippen LogP contribution in [0.3, 0.4) is 0 Å². The number of benzene rings is 2. The van der Waals surface area contributed by atoms with Gasteiger partial charge in [-0.25, -0.2) is 4.39 Å². The standard InChI is InChI=1S/C19H16F7/c1-10-8-12(3)16(14-7-5-6-11(2)13(14)4)15(9-10)17(20,18(21,22)23)19(24,25)26/h5-7,9H,1-4H3. The first-order valence-corrected chi connectivity index (χ1v) is 7.64. The van der Waals surface area contributed by atoms with E-state index in [9.17, 15) is 30.7 Å². The van der Waals surface area contributed by atoms with Gasteiger partial charge in [0.1, 0.15) is 0 Å². The Bertz CT molecular complexity index is 815. The highest BCUT2D eigenvalue weighted by Crippen LogP contribution is 2.56. The summed E-state index contributed by atoms with van der Waals surface area (Å²) < 4.78 is 94.7. The number of rotatable bonds is 2. The average Bonchev–Trinajstić information content (AvgIpc) is 2.47. The SMILES string of the molecule is Cc1[c]c(C)c(-c2cccc(C)c2C)c(C(F)(C(F)(F)F)C(F)(F)F)c1. The van der Waals surface area contributed by atoms with Crippen molar-refractivity contribution in [2.45, 2.75) is 45.7 Å². The molecule has 141 valence electrons. The van der Waals surface area contributed by atoms with Gasteiger partial charge in [0.2, 0.25) is 0 Å². The molecule has 0 saturated heterocycles. The summed E-state index contributed by atoms with van der Waals surface area (Å²) in [5.74, 6) is 0. The van der Waals surface area contributed by atoms with Gasteiger partial charge in [0.05, 0.1) is 0 Å². The first-order chi connectivity index (χ1) is 11.7.